The fourth-order valence-electron chi connectivity index (χ4n) is 2.53. The standard InChI is InChI=1S/C8H12N2.2C7H13N3.4C2H6/c1-5-6(2)10-8(4)7(3)9-5;2*1-5-6(2)9-10(4)7(3)8-5;4*1-2/h1-4H3;2*7H,1-4H3;4*1-2H3. The smallest absolute Gasteiger partial charge is 0.134 e. The van der Waals surface area contributed by atoms with E-state index in [1.807, 2.05) is 149 Å². The van der Waals surface area contributed by atoms with Crippen molar-refractivity contribution < 1.29 is 0 Å². The van der Waals surface area contributed by atoms with Crippen LogP contribution >= 0.6 is 0 Å². The lowest BCUT2D eigenvalue weighted by atomic mass is 10.3. The van der Waals surface area contributed by atoms with Gasteiger partial charge in [-0.05, 0) is 69.2 Å². The van der Waals surface area contributed by atoms with E-state index in [0.717, 1.165) is 45.6 Å². The molecule has 0 bridgehead atoms. The molecule has 2 aliphatic heterocycles. The largest absolute Gasteiger partial charge is 0.276 e. The summed E-state index contributed by atoms with van der Waals surface area (Å²) in [5.74, 6) is 0. The van der Waals surface area contributed by atoms with Gasteiger partial charge in [0.05, 0.1) is 45.6 Å². The monoisotopic (exact) mass is 535 g/mol. The number of hydrogen-bond acceptors (Lipinski definition) is 8. The van der Waals surface area contributed by atoms with Gasteiger partial charge in [0.1, 0.15) is 12.3 Å². The lowest BCUT2D eigenvalue weighted by Gasteiger charge is -2.23. The van der Waals surface area contributed by atoms with E-state index in [-0.39, 0.29) is 12.3 Å². The highest BCUT2D eigenvalue weighted by Crippen LogP contribution is 2.06. The summed E-state index contributed by atoms with van der Waals surface area (Å²) in [5.41, 5.74) is 8.25. The van der Waals surface area contributed by atoms with Crippen LogP contribution in [-0.2, 0) is 0 Å². The molecule has 8 nitrogen and oxygen atoms in total. The van der Waals surface area contributed by atoms with E-state index in [1.165, 1.54) is 0 Å². The molecule has 2 atom stereocenters. The molecule has 0 radical (unpaired) electrons. The Labute approximate surface area is 236 Å². The van der Waals surface area contributed by atoms with E-state index >= 15 is 0 Å². The van der Waals surface area contributed by atoms with Crippen molar-refractivity contribution in [2.45, 2.75) is 137 Å². The molecule has 0 amide bonds. The third-order valence-electron chi connectivity index (χ3n) is 5.22. The molecule has 0 saturated heterocycles. The maximum Gasteiger partial charge on any atom is 0.134 e. The van der Waals surface area contributed by atoms with Gasteiger partial charge in [-0.15, -0.1) is 0 Å². The predicted molar refractivity (Wildman–Crippen MR) is 173 cm³/mol. The molecular weight excluding hydrogens is 472 g/mol. The first-order valence-electron chi connectivity index (χ1n) is 14.3. The average molecular weight is 535 g/mol. The molecule has 0 N–H and O–H groups in total. The first-order chi connectivity index (χ1) is 17.8. The van der Waals surface area contributed by atoms with Crippen LogP contribution in [0.4, 0.5) is 0 Å². The molecule has 8 heteroatoms. The Morgan fingerprint density at radius 3 is 0.816 bits per heavy atom. The van der Waals surface area contributed by atoms with Crippen molar-refractivity contribution in [2.75, 3.05) is 14.1 Å². The number of aryl methyl sites for hydroxylation is 4. The third-order valence-corrected chi connectivity index (χ3v) is 5.22. The van der Waals surface area contributed by atoms with E-state index in [1.54, 1.807) is 0 Å². The van der Waals surface area contributed by atoms with E-state index in [9.17, 15) is 0 Å². The van der Waals surface area contributed by atoms with Gasteiger partial charge < -0.3 is 0 Å². The zero-order valence-corrected chi connectivity index (χ0v) is 28.7. The second kappa shape index (κ2) is 24.7. The molecule has 1 aromatic heterocycles. The van der Waals surface area contributed by atoms with Crippen LogP contribution < -0.4 is 0 Å². The predicted octanol–water partition coefficient (Wildman–Crippen LogP) is 8.04. The van der Waals surface area contributed by atoms with Crippen LogP contribution in [0.15, 0.2) is 20.2 Å². The van der Waals surface area contributed by atoms with Gasteiger partial charge in [-0.2, -0.15) is 10.2 Å². The second-order valence-corrected chi connectivity index (χ2v) is 7.78. The van der Waals surface area contributed by atoms with Crippen LogP contribution in [0, 0.1) is 27.7 Å². The fraction of sp³-hybridized carbons (Fsp3) is 0.733. The summed E-state index contributed by atoms with van der Waals surface area (Å²) in [6, 6.07) is 0. The summed E-state index contributed by atoms with van der Waals surface area (Å²) in [5, 5.41) is 12.3. The Morgan fingerprint density at radius 2 is 0.632 bits per heavy atom. The second-order valence-electron chi connectivity index (χ2n) is 7.78. The molecule has 2 aliphatic rings. The highest BCUT2D eigenvalue weighted by atomic mass is 15.5. The van der Waals surface area contributed by atoms with E-state index in [4.69, 9.17) is 0 Å². The lowest BCUT2D eigenvalue weighted by molar-refractivity contribution is 0.275. The van der Waals surface area contributed by atoms with E-state index in [2.05, 4.69) is 30.2 Å². The third kappa shape index (κ3) is 17.0. The zero-order valence-electron chi connectivity index (χ0n) is 28.7. The summed E-state index contributed by atoms with van der Waals surface area (Å²) in [6.45, 7) is 35.9. The van der Waals surface area contributed by atoms with Gasteiger partial charge in [-0.3, -0.25) is 30.0 Å². The molecule has 0 spiro atoms. The van der Waals surface area contributed by atoms with Gasteiger partial charge in [0.25, 0.3) is 0 Å². The minimum absolute atomic E-state index is 0.198. The maximum atomic E-state index is 4.36. The molecule has 3 heterocycles. The molecule has 0 fully saturated rings. The van der Waals surface area contributed by atoms with Crippen LogP contribution in [0.5, 0.6) is 0 Å². The first-order valence-corrected chi connectivity index (χ1v) is 14.3. The Balaban J connectivity index is -0.000000201. The van der Waals surface area contributed by atoms with Gasteiger partial charge in [-0.1, -0.05) is 55.4 Å². The van der Waals surface area contributed by atoms with Crippen molar-refractivity contribution >= 4 is 22.8 Å². The lowest BCUT2D eigenvalue weighted by Crippen LogP contribution is -2.30. The van der Waals surface area contributed by atoms with Crippen LogP contribution in [0.1, 0.15) is 120 Å². The molecule has 3 rings (SSSR count). The number of hydrazone groups is 2. The summed E-state index contributed by atoms with van der Waals surface area (Å²) in [7, 11) is 3.87. The SMILES string of the molecule is CC.CC.CC.CC.CC1=NC(C)N(C)N=C1C.CC1=NC(C)N(C)N=C1C.Cc1nc(C)c(C)nc1C. The maximum absolute atomic E-state index is 4.36. The van der Waals surface area contributed by atoms with Gasteiger partial charge in [0, 0.05) is 14.1 Å². The summed E-state index contributed by atoms with van der Waals surface area (Å²) < 4.78 is 0. The van der Waals surface area contributed by atoms with E-state index < -0.39 is 0 Å². The normalized spacial score (nSPS) is 16.9. The Hall–Kier alpha value is -2.64. The van der Waals surface area contributed by atoms with Crippen LogP contribution in [0.2, 0.25) is 0 Å². The van der Waals surface area contributed by atoms with Crippen molar-refractivity contribution in [1.29, 1.82) is 0 Å². The van der Waals surface area contributed by atoms with Gasteiger partial charge in [0.2, 0.25) is 0 Å². The fourth-order valence-corrected chi connectivity index (χ4v) is 2.53. The Morgan fingerprint density at radius 1 is 0.421 bits per heavy atom. The van der Waals surface area contributed by atoms with Gasteiger partial charge >= 0.3 is 0 Å². The molecule has 38 heavy (non-hydrogen) atoms. The highest BCUT2D eigenvalue weighted by Gasteiger charge is 2.12. The van der Waals surface area contributed by atoms with Crippen molar-refractivity contribution in [3.63, 3.8) is 0 Å². The van der Waals surface area contributed by atoms with Gasteiger partial charge in [0.15, 0.2) is 0 Å². The van der Waals surface area contributed by atoms with Crippen LogP contribution in [0.3, 0.4) is 0 Å². The molecule has 2 unspecified atom stereocenters. The quantitative estimate of drug-likeness (QED) is 0.337. The summed E-state index contributed by atoms with van der Waals surface area (Å²) in [4.78, 5) is 17.3. The zero-order chi connectivity index (χ0) is 31.2. The molecule has 0 aliphatic carbocycles. The van der Waals surface area contributed by atoms with Crippen molar-refractivity contribution in [2.24, 2.45) is 20.2 Å². The Kier molecular flexibility index (Phi) is 27.6. The minimum Gasteiger partial charge on any atom is -0.276 e. The molecule has 0 aromatic carbocycles. The summed E-state index contributed by atoms with van der Waals surface area (Å²) >= 11 is 0. The number of rotatable bonds is 0. The molecular formula is C30H62N8. The van der Waals surface area contributed by atoms with Crippen molar-refractivity contribution in [1.82, 2.24) is 20.0 Å². The summed E-state index contributed by atoms with van der Waals surface area (Å²) in [6.07, 6.45) is 0.396. The van der Waals surface area contributed by atoms with E-state index in [0.29, 0.717) is 0 Å². The number of aromatic nitrogens is 2. The number of nitrogens with zero attached hydrogens (tertiary/aromatic N) is 8. The molecule has 1 aromatic rings. The van der Waals surface area contributed by atoms with Crippen molar-refractivity contribution in [3.05, 3.63) is 22.8 Å². The van der Waals surface area contributed by atoms with Gasteiger partial charge in [-0.25, -0.2) is 0 Å². The number of aliphatic imine (C=N–C) groups is 2. The molecule has 222 valence electrons. The Bertz CT molecular complexity index is 731. The van der Waals surface area contributed by atoms with Crippen molar-refractivity contribution in [3.8, 4) is 0 Å². The highest BCUT2D eigenvalue weighted by molar-refractivity contribution is 6.41. The van der Waals surface area contributed by atoms with Crippen LogP contribution in [-0.4, -0.2) is 69.3 Å². The molecule has 0 saturated carbocycles. The van der Waals surface area contributed by atoms with Crippen LogP contribution in [0.25, 0.3) is 0 Å². The average Bonchev–Trinajstić information content (AvgIpc) is 2.91. The number of hydrogen-bond donors (Lipinski definition) is 0. The first kappa shape index (κ1) is 42.4. The minimum atomic E-state index is 0.198. The topological polar surface area (TPSA) is 81.7 Å².